The molecule has 1 N–H and O–H groups in total. The molecule has 0 spiro atoms. The number of benzene rings is 1. The van der Waals surface area contributed by atoms with Gasteiger partial charge in [-0.05, 0) is 62.2 Å². The normalized spacial score (nSPS) is 18.0. The van der Waals surface area contributed by atoms with Crippen molar-refractivity contribution in [1.29, 1.82) is 0 Å². The maximum absolute atomic E-state index is 12.8. The first-order valence-electron chi connectivity index (χ1n) is 10.8. The van der Waals surface area contributed by atoms with Crippen LogP contribution in [-0.2, 0) is 0 Å². The fraction of sp³-hybridized carbons (Fsp3) is 0.478. The van der Waals surface area contributed by atoms with Crippen molar-refractivity contribution >= 4 is 23.1 Å². The molecule has 1 aromatic carbocycles. The number of likely N-dealkylation sites (N-methyl/N-ethyl adjacent to an activating group) is 1. The van der Waals surface area contributed by atoms with E-state index in [0.29, 0.717) is 5.56 Å². The Bertz CT molecular complexity index is 808. The highest BCUT2D eigenvalue weighted by Gasteiger charge is 2.18. The molecule has 6 heteroatoms. The second-order valence-corrected chi connectivity index (χ2v) is 7.87. The highest BCUT2D eigenvalue weighted by molar-refractivity contribution is 6.04. The van der Waals surface area contributed by atoms with Crippen LogP contribution in [0.3, 0.4) is 0 Å². The van der Waals surface area contributed by atoms with E-state index in [9.17, 15) is 4.79 Å². The van der Waals surface area contributed by atoms with Crippen LogP contribution in [0.25, 0.3) is 0 Å². The fourth-order valence-corrected chi connectivity index (χ4v) is 4.14. The second-order valence-electron chi connectivity index (χ2n) is 7.87. The van der Waals surface area contributed by atoms with Gasteiger partial charge in [0.05, 0.1) is 0 Å². The minimum absolute atomic E-state index is 0.0911. The number of piperidine rings is 1. The molecular formula is C23H31N5O. The monoisotopic (exact) mass is 393 g/mol. The van der Waals surface area contributed by atoms with Gasteiger partial charge in [0, 0.05) is 62.4 Å². The Labute approximate surface area is 173 Å². The summed E-state index contributed by atoms with van der Waals surface area (Å²) in [5.74, 6) is 0.792. The first-order valence-corrected chi connectivity index (χ1v) is 10.8. The lowest BCUT2D eigenvalue weighted by atomic mass is 10.1. The molecule has 2 aliphatic heterocycles. The predicted octanol–water partition coefficient (Wildman–Crippen LogP) is 3.47. The molecule has 0 atom stereocenters. The number of carbonyl (C=O) groups excluding carboxylic acids is 1. The zero-order chi connectivity index (χ0) is 20.1. The lowest BCUT2D eigenvalue weighted by Crippen LogP contribution is -2.46. The smallest absolute Gasteiger partial charge is 0.255 e. The van der Waals surface area contributed by atoms with Gasteiger partial charge in [0.15, 0.2) is 0 Å². The summed E-state index contributed by atoms with van der Waals surface area (Å²) >= 11 is 0. The molecule has 0 radical (unpaired) electrons. The van der Waals surface area contributed by atoms with Crippen molar-refractivity contribution in [3.8, 4) is 0 Å². The number of aromatic nitrogens is 1. The van der Waals surface area contributed by atoms with Crippen molar-refractivity contribution in [1.82, 2.24) is 9.88 Å². The van der Waals surface area contributed by atoms with E-state index in [1.807, 2.05) is 18.2 Å². The van der Waals surface area contributed by atoms with Gasteiger partial charge in [0.2, 0.25) is 0 Å². The van der Waals surface area contributed by atoms with Gasteiger partial charge in [-0.1, -0.05) is 6.92 Å². The number of hydrogen-bond donors (Lipinski definition) is 1. The van der Waals surface area contributed by atoms with Crippen molar-refractivity contribution < 1.29 is 4.79 Å². The van der Waals surface area contributed by atoms with E-state index < -0.39 is 0 Å². The number of nitrogens with one attached hydrogen (secondary N) is 1. The van der Waals surface area contributed by atoms with Crippen LogP contribution in [0.15, 0.2) is 42.6 Å². The molecule has 1 aromatic heterocycles. The van der Waals surface area contributed by atoms with Crippen molar-refractivity contribution in [2.75, 3.05) is 60.9 Å². The Morgan fingerprint density at radius 1 is 0.931 bits per heavy atom. The lowest BCUT2D eigenvalue weighted by Gasteiger charge is -2.34. The van der Waals surface area contributed by atoms with Crippen LogP contribution in [0.2, 0.25) is 0 Å². The van der Waals surface area contributed by atoms with Gasteiger partial charge in [0.1, 0.15) is 5.82 Å². The molecule has 2 saturated heterocycles. The summed E-state index contributed by atoms with van der Waals surface area (Å²) in [4.78, 5) is 24.4. The third-order valence-electron chi connectivity index (χ3n) is 6.00. The summed E-state index contributed by atoms with van der Waals surface area (Å²) in [6.45, 7) is 9.50. The Kier molecular flexibility index (Phi) is 6.30. The van der Waals surface area contributed by atoms with E-state index in [1.54, 1.807) is 12.3 Å². The van der Waals surface area contributed by atoms with Gasteiger partial charge in [-0.3, -0.25) is 4.79 Å². The molecule has 0 unspecified atom stereocenters. The summed E-state index contributed by atoms with van der Waals surface area (Å²) in [7, 11) is 0. The molecule has 4 rings (SSSR count). The Hall–Kier alpha value is -2.60. The summed E-state index contributed by atoms with van der Waals surface area (Å²) in [6, 6.07) is 11.9. The third kappa shape index (κ3) is 4.88. The van der Waals surface area contributed by atoms with E-state index in [2.05, 4.69) is 44.1 Å². The number of anilines is 3. The number of nitrogens with zero attached hydrogens (tertiary/aromatic N) is 4. The Morgan fingerprint density at radius 3 is 2.34 bits per heavy atom. The van der Waals surface area contributed by atoms with Gasteiger partial charge < -0.3 is 20.0 Å². The van der Waals surface area contributed by atoms with Gasteiger partial charge in [-0.15, -0.1) is 0 Å². The molecule has 2 aliphatic rings. The molecule has 154 valence electrons. The summed E-state index contributed by atoms with van der Waals surface area (Å²) in [5.41, 5.74) is 2.71. The molecule has 0 saturated carbocycles. The van der Waals surface area contributed by atoms with Crippen LogP contribution in [0.4, 0.5) is 17.2 Å². The van der Waals surface area contributed by atoms with Crippen LogP contribution in [-0.4, -0.2) is 61.6 Å². The fourth-order valence-electron chi connectivity index (χ4n) is 4.14. The van der Waals surface area contributed by atoms with Gasteiger partial charge in [0.25, 0.3) is 5.91 Å². The predicted molar refractivity (Wildman–Crippen MR) is 119 cm³/mol. The SMILES string of the molecule is CCN1CCN(c2cc(C(=O)Nc3ccc(N4CCCCC4)cc3)ccn2)CC1. The van der Waals surface area contributed by atoms with Crippen molar-refractivity contribution in [2.45, 2.75) is 26.2 Å². The molecule has 3 heterocycles. The van der Waals surface area contributed by atoms with E-state index in [1.165, 1.54) is 24.9 Å². The zero-order valence-corrected chi connectivity index (χ0v) is 17.3. The van der Waals surface area contributed by atoms with Crippen LogP contribution in [0.1, 0.15) is 36.5 Å². The quantitative estimate of drug-likeness (QED) is 0.843. The summed E-state index contributed by atoms with van der Waals surface area (Å²) < 4.78 is 0. The van der Waals surface area contributed by atoms with Crippen molar-refractivity contribution in [3.63, 3.8) is 0 Å². The average molecular weight is 394 g/mol. The highest BCUT2D eigenvalue weighted by Crippen LogP contribution is 2.22. The minimum Gasteiger partial charge on any atom is -0.372 e. The summed E-state index contributed by atoms with van der Waals surface area (Å²) in [6.07, 6.45) is 5.58. The number of pyridine rings is 1. The molecule has 1 amide bonds. The number of piperazine rings is 1. The molecule has 29 heavy (non-hydrogen) atoms. The Balaban J connectivity index is 1.38. The van der Waals surface area contributed by atoms with Crippen LogP contribution < -0.4 is 15.1 Å². The number of carbonyl (C=O) groups is 1. The largest absolute Gasteiger partial charge is 0.372 e. The molecule has 6 nitrogen and oxygen atoms in total. The number of hydrogen-bond acceptors (Lipinski definition) is 5. The molecule has 0 bridgehead atoms. The van der Waals surface area contributed by atoms with E-state index in [0.717, 1.165) is 57.3 Å². The molecular weight excluding hydrogens is 362 g/mol. The zero-order valence-electron chi connectivity index (χ0n) is 17.3. The second kappa shape index (κ2) is 9.27. The van der Waals surface area contributed by atoms with Crippen molar-refractivity contribution in [3.05, 3.63) is 48.2 Å². The van der Waals surface area contributed by atoms with Crippen LogP contribution in [0.5, 0.6) is 0 Å². The summed E-state index contributed by atoms with van der Waals surface area (Å²) in [5, 5.41) is 3.02. The van der Waals surface area contributed by atoms with Crippen LogP contribution >= 0.6 is 0 Å². The number of rotatable bonds is 5. The van der Waals surface area contributed by atoms with E-state index >= 15 is 0 Å². The first-order chi connectivity index (χ1) is 14.2. The third-order valence-corrected chi connectivity index (χ3v) is 6.00. The van der Waals surface area contributed by atoms with Gasteiger partial charge in [-0.2, -0.15) is 0 Å². The number of amides is 1. The lowest BCUT2D eigenvalue weighted by molar-refractivity contribution is 0.102. The van der Waals surface area contributed by atoms with E-state index in [4.69, 9.17) is 0 Å². The standard InChI is InChI=1S/C23H31N5O/c1-2-26-14-16-28(17-15-26)22-18-19(10-11-24-22)23(29)25-20-6-8-21(9-7-20)27-12-4-3-5-13-27/h6-11,18H,2-5,12-17H2,1H3,(H,25,29). The average Bonchev–Trinajstić information content (AvgIpc) is 2.80. The highest BCUT2D eigenvalue weighted by atomic mass is 16.1. The van der Waals surface area contributed by atoms with Gasteiger partial charge >= 0.3 is 0 Å². The molecule has 2 fully saturated rings. The first kappa shape index (κ1) is 19.7. The van der Waals surface area contributed by atoms with Crippen LogP contribution in [0, 0.1) is 0 Å². The van der Waals surface area contributed by atoms with Crippen molar-refractivity contribution in [2.24, 2.45) is 0 Å². The Morgan fingerprint density at radius 2 is 1.66 bits per heavy atom. The van der Waals surface area contributed by atoms with E-state index in [-0.39, 0.29) is 5.91 Å². The maximum atomic E-state index is 12.8. The maximum Gasteiger partial charge on any atom is 0.255 e. The minimum atomic E-state index is -0.0911. The van der Waals surface area contributed by atoms with Gasteiger partial charge in [-0.25, -0.2) is 4.98 Å². The molecule has 2 aromatic rings. The topological polar surface area (TPSA) is 51.7 Å². The molecule has 0 aliphatic carbocycles.